The van der Waals surface area contributed by atoms with Gasteiger partial charge in [-0.2, -0.15) is 0 Å². The second kappa shape index (κ2) is 7.31. The standard InChI is InChI=1S/C18H18O4/c1-3-22-15-8-4-13(5-9-15)6-10-16(19)14-7-11-17(20)18(12-14)21-2/h4-12,20H,3H2,1-2H3. The zero-order chi connectivity index (χ0) is 15.9. The Labute approximate surface area is 129 Å². The van der Waals surface area contributed by atoms with Crippen molar-refractivity contribution in [1.29, 1.82) is 0 Å². The molecule has 2 rings (SSSR count). The molecule has 0 unspecified atom stereocenters. The summed E-state index contributed by atoms with van der Waals surface area (Å²) in [6, 6.07) is 12.0. The van der Waals surface area contributed by atoms with Gasteiger partial charge in [0, 0.05) is 5.56 Å². The van der Waals surface area contributed by atoms with Crippen LogP contribution in [-0.4, -0.2) is 24.6 Å². The molecular weight excluding hydrogens is 280 g/mol. The topological polar surface area (TPSA) is 55.8 Å². The van der Waals surface area contributed by atoms with Gasteiger partial charge in [0.05, 0.1) is 13.7 Å². The van der Waals surface area contributed by atoms with E-state index in [-0.39, 0.29) is 17.3 Å². The first-order valence-corrected chi connectivity index (χ1v) is 6.96. The van der Waals surface area contributed by atoms with E-state index in [1.54, 1.807) is 12.1 Å². The fourth-order valence-electron chi connectivity index (χ4n) is 1.94. The number of carbonyl (C=O) groups is 1. The van der Waals surface area contributed by atoms with Crippen LogP contribution in [0.2, 0.25) is 0 Å². The molecule has 1 N–H and O–H groups in total. The molecule has 0 saturated heterocycles. The Balaban J connectivity index is 2.10. The summed E-state index contributed by atoms with van der Waals surface area (Å²) in [5, 5.41) is 9.53. The number of ketones is 1. The van der Waals surface area contributed by atoms with E-state index in [4.69, 9.17) is 9.47 Å². The van der Waals surface area contributed by atoms with Crippen LogP contribution < -0.4 is 9.47 Å². The molecule has 0 amide bonds. The van der Waals surface area contributed by atoms with Crippen LogP contribution >= 0.6 is 0 Å². The Morgan fingerprint density at radius 2 is 1.91 bits per heavy atom. The van der Waals surface area contributed by atoms with Crippen LogP contribution in [-0.2, 0) is 0 Å². The summed E-state index contributed by atoms with van der Waals surface area (Å²) in [5.41, 5.74) is 1.36. The van der Waals surface area contributed by atoms with Crippen LogP contribution in [0.3, 0.4) is 0 Å². The third-order valence-electron chi connectivity index (χ3n) is 3.08. The Bertz CT molecular complexity index is 672. The van der Waals surface area contributed by atoms with Crippen LogP contribution in [0.1, 0.15) is 22.8 Å². The van der Waals surface area contributed by atoms with Crippen LogP contribution in [0.5, 0.6) is 17.2 Å². The number of hydrogen-bond donors (Lipinski definition) is 1. The van der Waals surface area contributed by atoms with E-state index < -0.39 is 0 Å². The van der Waals surface area contributed by atoms with E-state index in [0.717, 1.165) is 11.3 Å². The van der Waals surface area contributed by atoms with Crippen molar-refractivity contribution in [1.82, 2.24) is 0 Å². The molecule has 0 fully saturated rings. The van der Waals surface area contributed by atoms with Gasteiger partial charge in [0.25, 0.3) is 0 Å². The number of hydrogen-bond acceptors (Lipinski definition) is 4. The minimum absolute atomic E-state index is 0.00884. The molecule has 0 bridgehead atoms. The highest BCUT2D eigenvalue weighted by Gasteiger charge is 2.07. The van der Waals surface area contributed by atoms with Gasteiger partial charge in [-0.3, -0.25) is 4.79 Å². The molecule has 0 heterocycles. The SMILES string of the molecule is CCOc1ccc(C=CC(=O)c2ccc(O)c(OC)c2)cc1. The first kappa shape index (κ1) is 15.6. The fraction of sp³-hybridized carbons (Fsp3) is 0.167. The van der Waals surface area contributed by atoms with Crippen molar-refractivity contribution in [2.45, 2.75) is 6.92 Å². The van der Waals surface area contributed by atoms with E-state index in [1.165, 1.54) is 25.3 Å². The predicted molar refractivity (Wildman–Crippen MR) is 85.6 cm³/mol. The van der Waals surface area contributed by atoms with Crippen molar-refractivity contribution in [3.8, 4) is 17.2 Å². The maximum absolute atomic E-state index is 12.1. The lowest BCUT2D eigenvalue weighted by Crippen LogP contribution is -1.95. The second-order valence-corrected chi connectivity index (χ2v) is 4.59. The number of ether oxygens (including phenoxy) is 2. The quantitative estimate of drug-likeness (QED) is 0.652. The average Bonchev–Trinajstić information content (AvgIpc) is 2.54. The number of aromatic hydroxyl groups is 1. The molecule has 0 atom stereocenters. The van der Waals surface area contributed by atoms with Crippen LogP contribution in [0, 0.1) is 0 Å². The number of benzene rings is 2. The van der Waals surface area contributed by atoms with Crippen molar-refractivity contribution in [2.24, 2.45) is 0 Å². The summed E-state index contributed by atoms with van der Waals surface area (Å²) in [6.07, 6.45) is 3.22. The molecule has 2 aromatic rings. The lowest BCUT2D eigenvalue weighted by molar-refractivity contribution is 0.104. The molecule has 0 spiro atoms. The maximum atomic E-state index is 12.1. The lowest BCUT2D eigenvalue weighted by atomic mass is 10.1. The molecule has 0 aliphatic heterocycles. The van der Waals surface area contributed by atoms with Crippen molar-refractivity contribution in [2.75, 3.05) is 13.7 Å². The molecule has 114 valence electrons. The third kappa shape index (κ3) is 3.88. The maximum Gasteiger partial charge on any atom is 0.185 e. The summed E-state index contributed by atoms with van der Waals surface area (Å²) in [7, 11) is 1.44. The lowest BCUT2D eigenvalue weighted by Gasteiger charge is -2.04. The fourth-order valence-corrected chi connectivity index (χ4v) is 1.94. The smallest absolute Gasteiger partial charge is 0.185 e. The summed E-state index contributed by atoms with van der Waals surface area (Å²) < 4.78 is 10.4. The van der Waals surface area contributed by atoms with Crippen LogP contribution in [0.4, 0.5) is 0 Å². The minimum atomic E-state index is -0.160. The van der Waals surface area contributed by atoms with Gasteiger partial charge in [-0.15, -0.1) is 0 Å². The Kier molecular flexibility index (Phi) is 5.20. The van der Waals surface area contributed by atoms with Gasteiger partial charge in [0.1, 0.15) is 5.75 Å². The highest BCUT2D eigenvalue weighted by atomic mass is 16.5. The van der Waals surface area contributed by atoms with Crippen molar-refractivity contribution in [3.63, 3.8) is 0 Å². The second-order valence-electron chi connectivity index (χ2n) is 4.59. The van der Waals surface area contributed by atoms with Gasteiger partial charge in [0.15, 0.2) is 17.3 Å². The molecule has 2 aromatic carbocycles. The largest absolute Gasteiger partial charge is 0.504 e. The Morgan fingerprint density at radius 1 is 1.18 bits per heavy atom. The minimum Gasteiger partial charge on any atom is -0.504 e. The number of phenols is 1. The Morgan fingerprint density at radius 3 is 2.55 bits per heavy atom. The highest BCUT2D eigenvalue weighted by molar-refractivity contribution is 6.07. The number of phenolic OH excluding ortho intramolecular Hbond substituents is 1. The molecule has 4 nitrogen and oxygen atoms in total. The normalized spacial score (nSPS) is 10.6. The molecule has 0 aliphatic carbocycles. The van der Waals surface area contributed by atoms with Gasteiger partial charge in [-0.05, 0) is 48.9 Å². The van der Waals surface area contributed by atoms with E-state index in [1.807, 2.05) is 31.2 Å². The van der Waals surface area contributed by atoms with Gasteiger partial charge in [-0.1, -0.05) is 18.2 Å². The first-order chi connectivity index (χ1) is 10.6. The van der Waals surface area contributed by atoms with E-state index in [0.29, 0.717) is 12.2 Å². The predicted octanol–water partition coefficient (Wildman–Crippen LogP) is 3.70. The summed E-state index contributed by atoms with van der Waals surface area (Å²) >= 11 is 0. The zero-order valence-corrected chi connectivity index (χ0v) is 12.6. The van der Waals surface area contributed by atoms with Crippen molar-refractivity contribution >= 4 is 11.9 Å². The molecule has 0 aliphatic rings. The number of allylic oxidation sites excluding steroid dienone is 1. The average molecular weight is 298 g/mol. The zero-order valence-electron chi connectivity index (χ0n) is 12.6. The van der Waals surface area contributed by atoms with Crippen LogP contribution in [0.25, 0.3) is 6.08 Å². The number of methoxy groups -OCH3 is 1. The van der Waals surface area contributed by atoms with Gasteiger partial charge in [-0.25, -0.2) is 0 Å². The summed E-state index contributed by atoms with van der Waals surface area (Å²) in [4.78, 5) is 12.1. The van der Waals surface area contributed by atoms with Crippen molar-refractivity contribution in [3.05, 3.63) is 59.7 Å². The monoisotopic (exact) mass is 298 g/mol. The first-order valence-electron chi connectivity index (χ1n) is 6.96. The van der Waals surface area contributed by atoms with Gasteiger partial charge >= 0.3 is 0 Å². The van der Waals surface area contributed by atoms with E-state index in [9.17, 15) is 9.90 Å². The Hall–Kier alpha value is -2.75. The van der Waals surface area contributed by atoms with E-state index >= 15 is 0 Å². The number of carbonyl (C=O) groups excluding carboxylic acids is 1. The van der Waals surface area contributed by atoms with Crippen molar-refractivity contribution < 1.29 is 19.4 Å². The molecule has 0 radical (unpaired) electrons. The summed E-state index contributed by atoms with van der Waals surface area (Å²) in [5.74, 6) is 0.927. The molecule has 0 saturated carbocycles. The molecular formula is C18H18O4. The molecule has 4 heteroatoms. The third-order valence-corrected chi connectivity index (χ3v) is 3.08. The van der Waals surface area contributed by atoms with Gasteiger partial charge < -0.3 is 14.6 Å². The van der Waals surface area contributed by atoms with Gasteiger partial charge in [0.2, 0.25) is 0 Å². The number of rotatable bonds is 6. The highest BCUT2D eigenvalue weighted by Crippen LogP contribution is 2.26. The van der Waals surface area contributed by atoms with Crippen LogP contribution in [0.15, 0.2) is 48.5 Å². The van der Waals surface area contributed by atoms with E-state index in [2.05, 4.69) is 0 Å². The molecule has 22 heavy (non-hydrogen) atoms. The molecule has 0 aromatic heterocycles. The summed E-state index contributed by atoms with van der Waals surface area (Å²) in [6.45, 7) is 2.55.